The van der Waals surface area contributed by atoms with Crippen LogP contribution in [0.1, 0.15) is 27.0 Å². The van der Waals surface area contributed by atoms with E-state index in [4.69, 9.17) is 9.84 Å². The van der Waals surface area contributed by atoms with Crippen LogP contribution in [-0.4, -0.2) is 22.9 Å². The van der Waals surface area contributed by atoms with Gasteiger partial charge >= 0.3 is 5.97 Å². The van der Waals surface area contributed by atoms with Crippen molar-refractivity contribution >= 4 is 32.8 Å². The van der Waals surface area contributed by atoms with E-state index in [2.05, 4.69) is 15.9 Å². The molecule has 6 heteroatoms. The quantitative estimate of drug-likeness (QED) is 0.197. The highest BCUT2D eigenvalue weighted by atomic mass is 79.9. The summed E-state index contributed by atoms with van der Waals surface area (Å²) in [7, 11) is 1.23. The number of carbonyl (C=O) groups excluding carboxylic acids is 1. The van der Waals surface area contributed by atoms with Crippen LogP contribution in [0.4, 0.5) is 4.39 Å². The molecule has 1 aromatic heterocycles. The van der Waals surface area contributed by atoms with Crippen molar-refractivity contribution in [3.63, 3.8) is 0 Å². The van der Waals surface area contributed by atoms with Crippen molar-refractivity contribution in [1.29, 1.82) is 0 Å². The molecular formula is C28H20BrFN2O2. The molecule has 0 saturated heterocycles. The molecule has 0 aliphatic carbocycles. The van der Waals surface area contributed by atoms with Gasteiger partial charge in [-0.2, -0.15) is 5.10 Å². The zero-order valence-corrected chi connectivity index (χ0v) is 19.9. The highest BCUT2D eigenvalue weighted by Crippen LogP contribution is 2.43. The van der Waals surface area contributed by atoms with E-state index in [1.165, 1.54) is 19.2 Å². The fourth-order valence-electron chi connectivity index (χ4n) is 4.53. The number of halogens is 2. The van der Waals surface area contributed by atoms with Gasteiger partial charge in [0.25, 0.3) is 0 Å². The van der Waals surface area contributed by atoms with Gasteiger partial charge in [-0.1, -0.05) is 91.0 Å². The summed E-state index contributed by atoms with van der Waals surface area (Å²) in [5, 5.41) is 5.48. The van der Waals surface area contributed by atoms with Crippen molar-refractivity contribution in [1.82, 2.24) is 9.78 Å². The highest BCUT2D eigenvalue weighted by molar-refractivity contribution is 9.10. The standard InChI is InChI=1S/C28H20BrFN2O2/c1-34-27(33)22-17-23-25(18-24(22)30)32(31-26(23)29)28(19-11-5-2-6-12-19,20-13-7-3-8-14-20)21-15-9-4-10-16-21/h2-18H,1H3. The minimum absolute atomic E-state index is 0.139. The first-order valence-electron chi connectivity index (χ1n) is 10.7. The number of nitrogens with zero attached hydrogens (tertiary/aromatic N) is 2. The SMILES string of the molecule is COC(=O)c1cc2c(Br)nn(C(c3ccccc3)(c3ccccc3)c3ccccc3)c2cc1F. The monoisotopic (exact) mass is 514 g/mol. The van der Waals surface area contributed by atoms with Crippen LogP contribution >= 0.6 is 15.9 Å². The molecule has 168 valence electrons. The zero-order chi connectivity index (χ0) is 23.7. The van der Waals surface area contributed by atoms with E-state index in [1.54, 1.807) is 0 Å². The molecule has 0 saturated carbocycles. The van der Waals surface area contributed by atoms with Crippen molar-refractivity contribution in [2.75, 3.05) is 7.11 Å². The van der Waals surface area contributed by atoms with Gasteiger partial charge < -0.3 is 4.74 Å². The maximum Gasteiger partial charge on any atom is 0.340 e. The van der Waals surface area contributed by atoms with E-state index < -0.39 is 17.3 Å². The van der Waals surface area contributed by atoms with Crippen LogP contribution in [0.25, 0.3) is 10.9 Å². The highest BCUT2D eigenvalue weighted by Gasteiger charge is 2.41. The number of methoxy groups -OCH3 is 1. The van der Waals surface area contributed by atoms with Crippen molar-refractivity contribution in [2.45, 2.75) is 5.54 Å². The zero-order valence-electron chi connectivity index (χ0n) is 18.3. The Kier molecular flexibility index (Phi) is 5.75. The van der Waals surface area contributed by atoms with Gasteiger partial charge in [0, 0.05) is 11.5 Å². The fourth-order valence-corrected chi connectivity index (χ4v) is 5.00. The summed E-state index contributed by atoms with van der Waals surface area (Å²) >= 11 is 3.55. The summed E-state index contributed by atoms with van der Waals surface area (Å²) in [6.45, 7) is 0. The lowest BCUT2D eigenvalue weighted by molar-refractivity contribution is 0.0595. The molecule has 0 aliphatic rings. The van der Waals surface area contributed by atoms with E-state index in [1.807, 2.05) is 95.7 Å². The van der Waals surface area contributed by atoms with Crippen LogP contribution in [0.3, 0.4) is 0 Å². The Morgan fingerprint density at radius 3 is 1.76 bits per heavy atom. The number of ether oxygens (including phenoxy) is 1. The summed E-state index contributed by atoms with van der Waals surface area (Å²) in [5.41, 5.74) is 2.37. The molecular weight excluding hydrogens is 495 g/mol. The van der Waals surface area contributed by atoms with Gasteiger partial charge in [-0.15, -0.1) is 0 Å². The molecule has 0 atom stereocenters. The Hall–Kier alpha value is -3.77. The van der Waals surface area contributed by atoms with Crippen molar-refractivity contribution in [2.24, 2.45) is 0 Å². The molecule has 0 N–H and O–H groups in total. The molecule has 0 spiro atoms. The van der Waals surface area contributed by atoms with Gasteiger partial charge in [0.05, 0.1) is 18.2 Å². The Bertz CT molecular complexity index is 1370. The minimum atomic E-state index is -0.909. The summed E-state index contributed by atoms with van der Waals surface area (Å²) in [5.74, 6) is -1.41. The Morgan fingerprint density at radius 2 is 1.32 bits per heavy atom. The number of esters is 1. The van der Waals surface area contributed by atoms with Gasteiger partial charge in [0.2, 0.25) is 0 Å². The largest absolute Gasteiger partial charge is 0.465 e. The normalized spacial score (nSPS) is 11.5. The molecule has 0 unspecified atom stereocenters. The molecule has 5 aromatic rings. The number of benzene rings is 4. The second-order valence-electron chi connectivity index (χ2n) is 7.85. The molecule has 0 radical (unpaired) electrons. The summed E-state index contributed by atoms with van der Waals surface area (Å²) in [6.07, 6.45) is 0. The fraction of sp³-hybridized carbons (Fsp3) is 0.0714. The van der Waals surface area contributed by atoms with Crippen LogP contribution in [0.2, 0.25) is 0 Å². The van der Waals surface area contributed by atoms with E-state index in [0.717, 1.165) is 16.7 Å². The third-order valence-electron chi connectivity index (χ3n) is 6.02. The van der Waals surface area contributed by atoms with Gasteiger partial charge in [0.15, 0.2) is 0 Å². The number of hydrogen-bond acceptors (Lipinski definition) is 3. The van der Waals surface area contributed by atoms with Crippen LogP contribution in [0.15, 0.2) is 108 Å². The summed E-state index contributed by atoms with van der Waals surface area (Å²) in [4.78, 5) is 12.2. The van der Waals surface area contributed by atoms with Crippen molar-refractivity contribution < 1.29 is 13.9 Å². The van der Waals surface area contributed by atoms with Gasteiger partial charge in [-0.25, -0.2) is 13.9 Å². The Balaban J connectivity index is 1.95. The molecule has 5 rings (SSSR count). The summed E-state index contributed by atoms with van der Waals surface area (Å²) in [6, 6.07) is 32.8. The average Bonchev–Trinajstić information content (AvgIpc) is 3.20. The summed E-state index contributed by atoms with van der Waals surface area (Å²) < 4.78 is 22.3. The van der Waals surface area contributed by atoms with E-state index >= 15 is 4.39 Å². The third kappa shape index (κ3) is 3.42. The van der Waals surface area contributed by atoms with Crippen molar-refractivity contribution in [3.8, 4) is 0 Å². The van der Waals surface area contributed by atoms with E-state index in [9.17, 15) is 4.79 Å². The number of fused-ring (bicyclic) bond motifs is 1. The van der Waals surface area contributed by atoms with Crippen LogP contribution in [0, 0.1) is 5.82 Å². The van der Waals surface area contributed by atoms with Gasteiger partial charge in [0.1, 0.15) is 16.0 Å². The van der Waals surface area contributed by atoms with Gasteiger partial charge in [-0.3, -0.25) is 0 Å². The lowest BCUT2D eigenvalue weighted by Crippen LogP contribution is -2.38. The smallest absolute Gasteiger partial charge is 0.340 e. The molecule has 34 heavy (non-hydrogen) atoms. The predicted molar refractivity (Wildman–Crippen MR) is 133 cm³/mol. The topological polar surface area (TPSA) is 44.1 Å². The predicted octanol–water partition coefficient (Wildman–Crippen LogP) is 6.56. The molecule has 4 aromatic carbocycles. The lowest BCUT2D eigenvalue weighted by atomic mass is 9.77. The Morgan fingerprint density at radius 1 is 0.853 bits per heavy atom. The van der Waals surface area contributed by atoms with Crippen LogP contribution in [-0.2, 0) is 10.3 Å². The molecule has 0 aliphatic heterocycles. The lowest BCUT2D eigenvalue weighted by Gasteiger charge is -2.37. The maximum atomic E-state index is 15.2. The molecule has 0 bridgehead atoms. The van der Waals surface area contributed by atoms with Crippen LogP contribution in [0.5, 0.6) is 0 Å². The number of aromatic nitrogens is 2. The molecule has 0 fully saturated rings. The molecule has 0 amide bonds. The first kappa shape index (κ1) is 22.0. The van der Waals surface area contributed by atoms with Crippen molar-refractivity contribution in [3.05, 3.63) is 136 Å². The number of carbonyl (C=O) groups is 1. The third-order valence-corrected chi connectivity index (χ3v) is 6.61. The van der Waals surface area contributed by atoms with E-state index in [0.29, 0.717) is 15.5 Å². The number of rotatable bonds is 5. The first-order chi connectivity index (χ1) is 16.6. The minimum Gasteiger partial charge on any atom is -0.465 e. The average molecular weight is 515 g/mol. The molecule has 1 heterocycles. The number of hydrogen-bond donors (Lipinski definition) is 0. The Labute approximate surface area is 204 Å². The second-order valence-corrected chi connectivity index (χ2v) is 8.60. The van der Waals surface area contributed by atoms with Crippen LogP contribution < -0.4 is 0 Å². The second kappa shape index (κ2) is 8.88. The van der Waals surface area contributed by atoms with Gasteiger partial charge in [-0.05, 0) is 38.7 Å². The first-order valence-corrected chi connectivity index (χ1v) is 11.5. The maximum absolute atomic E-state index is 15.2. The molecule has 4 nitrogen and oxygen atoms in total. The van der Waals surface area contributed by atoms with E-state index in [-0.39, 0.29) is 5.56 Å².